The number of fused-ring (bicyclic) bond motifs is 1. The number of benzene rings is 2. The largest absolute Gasteiger partial charge is 0.236 e. The molecule has 0 saturated carbocycles. The molecule has 1 atom stereocenters. The van der Waals surface area contributed by atoms with Gasteiger partial charge in [-0.05, 0) is 42.7 Å². The van der Waals surface area contributed by atoms with Gasteiger partial charge in [-0.1, -0.05) is 61.0 Å². The van der Waals surface area contributed by atoms with Crippen LogP contribution in [0.4, 0.5) is 0 Å². The van der Waals surface area contributed by atoms with E-state index in [4.69, 9.17) is 11.6 Å². The lowest BCUT2D eigenvalue weighted by atomic mass is 9.82. The van der Waals surface area contributed by atoms with Crippen molar-refractivity contribution in [2.75, 3.05) is 0 Å². The average Bonchev–Trinajstić information content (AvgIpc) is 3.07. The van der Waals surface area contributed by atoms with Gasteiger partial charge in [-0.25, -0.2) is 9.50 Å². The first-order chi connectivity index (χ1) is 12.5. The van der Waals surface area contributed by atoms with E-state index >= 15 is 0 Å². The zero-order valence-corrected chi connectivity index (χ0v) is 15.3. The standard InChI is InChI=1S/C22H19ClN3/c1-22(2,14-16-6-4-3-5-7-16)20-12-13-24-21-19(15-25-26(20)21)17-8-10-18(23)11-9-17/h3-13,15H,1,14H2,2H3. The Balaban J connectivity index is 1.78. The molecule has 0 bridgehead atoms. The second-order valence-corrected chi connectivity index (χ2v) is 7.29. The minimum atomic E-state index is -0.328. The first-order valence-corrected chi connectivity index (χ1v) is 8.91. The maximum Gasteiger partial charge on any atom is 0.163 e. The number of aromatic nitrogens is 3. The molecule has 4 heteroatoms. The Morgan fingerprint density at radius 3 is 2.50 bits per heavy atom. The van der Waals surface area contributed by atoms with Crippen molar-refractivity contribution in [2.24, 2.45) is 0 Å². The molecule has 0 aliphatic heterocycles. The molecule has 129 valence electrons. The van der Waals surface area contributed by atoms with Crippen LogP contribution in [0.5, 0.6) is 0 Å². The monoisotopic (exact) mass is 360 g/mol. The zero-order chi connectivity index (χ0) is 18.1. The third-order valence-electron chi connectivity index (χ3n) is 4.61. The fraction of sp³-hybridized carbons (Fsp3) is 0.136. The molecule has 2 aromatic carbocycles. The van der Waals surface area contributed by atoms with Crippen LogP contribution in [-0.4, -0.2) is 14.6 Å². The van der Waals surface area contributed by atoms with Crippen LogP contribution in [-0.2, 0) is 11.8 Å². The van der Waals surface area contributed by atoms with Crippen LogP contribution in [0.1, 0.15) is 18.2 Å². The molecule has 0 aliphatic rings. The van der Waals surface area contributed by atoms with Gasteiger partial charge in [-0.15, -0.1) is 0 Å². The van der Waals surface area contributed by atoms with Crippen LogP contribution in [0.25, 0.3) is 16.8 Å². The summed E-state index contributed by atoms with van der Waals surface area (Å²) in [6.45, 7) is 6.61. The molecular formula is C22H19ClN3. The highest BCUT2D eigenvalue weighted by atomic mass is 35.5. The lowest BCUT2D eigenvalue weighted by Gasteiger charge is -2.25. The molecule has 0 N–H and O–H groups in total. The van der Waals surface area contributed by atoms with Crippen molar-refractivity contribution in [3.05, 3.63) is 96.3 Å². The first kappa shape index (κ1) is 16.8. The van der Waals surface area contributed by atoms with Gasteiger partial charge in [0.1, 0.15) is 0 Å². The predicted octanol–water partition coefficient (Wildman–Crippen LogP) is 5.38. The highest BCUT2D eigenvalue weighted by molar-refractivity contribution is 6.30. The summed E-state index contributed by atoms with van der Waals surface area (Å²) < 4.78 is 1.90. The fourth-order valence-corrected chi connectivity index (χ4v) is 3.44. The molecule has 2 heterocycles. The summed E-state index contributed by atoms with van der Waals surface area (Å²) in [5.74, 6) is 0. The summed E-state index contributed by atoms with van der Waals surface area (Å²) in [6.07, 6.45) is 4.51. The van der Waals surface area contributed by atoms with Crippen molar-refractivity contribution in [2.45, 2.75) is 18.8 Å². The minimum absolute atomic E-state index is 0.328. The van der Waals surface area contributed by atoms with Crippen LogP contribution >= 0.6 is 11.6 Å². The number of hydrogen-bond donors (Lipinski definition) is 0. The maximum absolute atomic E-state index is 6.01. The Hall–Kier alpha value is -2.65. The Kier molecular flexibility index (Phi) is 4.25. The van der Waals surface area contributed by atoms with E-state index in [1.807, 2.05) is 53.3 Å². The Morgan fingerprint density at radius 2 is 1.77 bits per heavy atom. The summed E-state index contributed by atoms with van der Waals surface area (Å²) in [5.41, 5.74) is 4.81. The van der Waals surface area contributed by atoms with Gasteiger partial charge in [-0.2, -0.15) is 5.10 Å². The summed E-state index contributed by atoms with van der Waals surface area (Å²) in [7, 11) is 0. The quantitative estimate of drug-likeness (QED) is 0.488. The van der Waals surface area contributed by atoms with Crippen molar-refractivity contribution in [3.63, 3.8) is 0 Å². The van der Waals surface area contributed by atoms with Gasteiger partial charge in [0, 0.05) is 22.2 Å². The van der Waals surface area contributed by atoms with Gasteiger partial charge < -0.3 is 0 Å². The lowest BCUT2D eigenvalue weighted by molar-refractivity contribution is 0.546. The summed E-state index contributed by atoms with van der Waals surface area (Å²) in [4.78, 5) is 4.56. The predicted molar refractivity (Wildman–Crippen MR) is 106 cm³/mol. The van der Waals surface area contributed by atoms with Crippen molar-refractivity contribution in [3.8, 4) is 11.1 Å². The highest BCUT2D eigenvalue weighted by Crippen LogP contribution is 2.30. The summed E-state index contributed by atoms with van der Waals surface area (Å²) >= 11 is 6.01. The second kappa shape index (κ2) is 6.58. The van der Waals surface area contributed by atoms with Crippen LogP contribution in [0.2, 0.25) is 5.02 Å². The molecule has 0 fully saturated rings. The van der Waals surface area contributed by atoms with Gasteiger partial charge in [0.25, 0.3) is 0 Å². The SMILES string of the molecule is [CH2]C(C)(Cc1ccccc1)c1ccnc2c(-c3ccc(Cl)cc3)cnn12. The zero-order valence-electron chi connectivity index (χ0n) is 14.6. The lowest BCUT2D eigenvalue weighted by Crippen LogP contribution is -2.25. The Labute approximate surface area is 158 Å². The Morgan fingerprint density at radius 1 is 1.04 bits per heavy atom. The molecule has 26 heavy (non-hydrogen) atoms. The van der Waals surface area contributed by atoms with E-state index in [0.29, 0.717) is 5.02 Å². The van der Waals surface area contributed by atoms with Crippen molar-refractivity contribution >= 4 is 17.2 Å². The van der Waals surface area contributed by atoms with Gasteiger partial charge in [0.2, 0.25) is 0 Å². The van der Waals surface area contributed by atoms with Crippen LogP contribution in [0.15, 0.2) is 73.1 Å². The van der Waals surface area contributed by atoms with E-state index in [2.05, 4.69) is 48.2 Å². The third kappa shape index (κ3) is 3.11. The molecule has 4 aromatic rings. The highest BCUT2D eigenvalue weighted by Gasteiger charge is 2.25. The van der Waals surface area contributed by atoms with Crippen LogP contribution in [0, 0.1) is 6.92 Å². The molecule has 1 unspecified atom stereocenters. The van der Waals surface area contributed by atoms with E-state index in [0.717, 1.165) is 28.9 Å². The fourth-order valence-electron chi connectivity index (χ4n) is 3.32. The van der Waals surface area contributed by atoms with E-state index in [1.54, 1.807) is 0 Å². The summed E-state index contributed by atoms with van der Waals surface area (Å²) in [6, 6.07) is 20.1. The average molecular weight is 361 g/mol. The van der Waals surface area contributed by atoms with E-state index in [9.17, 15) is 0 Å². The van der Waals surface area contributed by atoms with E-state index in [1.165, 1.54) is 5.56 Å². The number of halogens is 1. The molecule has 1 radical (unpaired) electrons. The third-order valence-corrected chi connectivity index (χ3v) is 4.86. The van der Waals surface area contributed by atoms with E-state index < -0.39 is 0 Å². The number of hydrogen-bond acceptors (Lipinski definition) is 2. The van der Waals surface area contributed by atoms with Crippen molar-refractivity contribution in [1.82, 2.24) is 14.6 Å². The molecule has 4 rings (SSSR count). The Bertz CT molecular complexity index is 1030. The molecule has 0 spiro atoms. The molecule has 0 aliphatic carbocycles. The van der Waals surface area contributed by atoms with Gasteiger partial charge >= 0.3 is 0 Å². The maximum atomic E-state index is 6.01. The summed E-state index contributed by atoms with van der Waals surface area (Å²) in [5, 5.41) is 5.32. The first-order valence-electron chi connectivity index (χ1n) is 8.53. The molecule has 2 aromatic heterocycles. The minimum Gasteiger partial charge on any atom is -0.236 e. The van der Waals surface area contributed by atoms with Gasteiger partial charge in [-0.3, -0.25) is 0 Å². The number of nitrogens with zero attached hydrogens (tertiary/aromatic N) is 3. The van der Waals surface area contributed by atoms with Crippen LogP contribution in [0.3, 0.4) is 0 Å². The van der Waals surface area contributed by atoms with Gasteiger partial charge in [0.05, 0.1) is 11.9 Å². The molecule has 0 saturated heterocycles. The van der Waals surface area contributed by atoms with E-state index in [-0.39, 0.29) is 5.41 Å². The molecular weight excluding hydrogens is 342 g/mol. The molecule has 3 nitrogen and oxygen atoms in total. The molecule has 0 amide bonds. The second-order valence-electron chi connectivity index (χ2n) is 6.85. The van der Waals surface area contributed by atoms with Crippen molar-refractivity contribution < 1.29 is 0 Å². The number of rotatable bonds is 4. The topological polar surface area (TPSA) is 30.2 Å². The normalized spacial score (nSPS) is 11.8. The van der Waals surface area contributed by atoms with Crippen LogP contribution < -0.4 is 0 Å². The van der Waals surface area contributed by atoms with Crippen molar-refractivity contribution in [1.29, 1.82) is 0 Å². The smallest absolute Gasteiger partial charge is 0.163 e. The van der Waals surface area contributed by atoms with Gasteiger partial charge in [0.15, 0.2) is 5.65 Å².